The Kier molecular flexibility index (Phi) is 4.71. The van der Waals surface area contributed by atoms with Gasteiger partial charge in [0.05, 0.1) is 10.0 Å². The molecule has 0 bridgehead atoms. The van der Waals surface area contributed by atoms with E-state index in [9.17, 15) is 0 Å². The van der Waals surface area contributed by atoms with Crippen molar-refractivity contribution in [1.82, 2.24) is 4.98 Å². The first-order valence-corrected chi connectivity index (χ1v) is 7.20. The molecule has 100 valence electrons. The molecule has 0 amide bonds. The molecule has 18 heavy (non-hydrogen) atoms. The van der Waals surface area contributed by atoms with Crippen LogP contribution in [0.15, 0.2) is 12.3 Å². The number of halogens is 2. The molecule has 1 aromatic rings. The van der Waals surface area contributed by atoms with Crippen molar-refractivity contribution >= 4 is 29.0 Å². The lowest BCUT2D eigenvalue weighted by atomic mass is 10.0. The number of hydrogen-bond donors (Lipinski definition) is 1. The van der Waals surface area contributed by atoms with E-state index in [1.54, 1.807) is 12.3 Å². The Morgan fingerprint density at radius 3 is 2.83 bits per heavy atom. The van der Waals surface area contributed by atoms with Gasteiger partial charge in [-0.2, -0.15) is 0 Å². The van der Waals surface area contributed by atoms with E-state index in [0.29, 0.717) is 22.0 Å². The molecular formula is C13H19Cl2N3. The lowest BCUT2D eigenvalue weighted by Crippen LogP contribution is -2.41. The maximum atomic E-state index is 6.25. The summed E-state index contributed by atoms with van der Waals surface area (Å²) in [6.07, 6.45) is 5.24. The molecule has 2 unspecified atom stereocenters. The summed E-state index contributed by atoms with van der Waals surface area (Å²) >= 11 is 12.1. The minimum atomic E-state index is 0.450. The van der Waals surface area contributed by atoms with Gasteiger partial charge in [-0.1, -0.05) is 29.6 Å². The molecular weight excluding hydrogens is 269 g/mol. The highest BCUT2D eigenvalue weighted by atomic mass is 35.5. The van der Waals surface area contributed by atoms with E-state index in [4.69, 9.17) is 28.9 Å². The first kappa shape index (κ1) is 13.9. The molecule has 1 aliphatic carbocycles. The Bertz CT molecular complexity index is 411. The van der Waals surface area contributed by atoms with Crippen molar-refractivity contribution < 1.29 is 0 Å². The first-order chi connectivity index (χ1) is 8.67. The SMILES string of the molecule is CCN(c1ncc(Cl)cc1Cl)C1CCCC1CN. The van der Waals surface area contributed by atoms with Gasteiger partial charge in [-0.25, -0.2) is 4.98 Å². The maximum absolute atomic E-state index is 6.25. The van der Waals surface area contributed by atoms with Crippen LogP contribution >= 0.6 is 23.2 Å². The summed E-state index contributed by atoms with van der Waals surface area (Å²) in [7, 11) is 0. The quantitative estimate of drug-likeness (QED) is 0.924. The highest BCUT2D eigenvalue weighted by Crippen LogP contribution is 2.35. The van der Waals surface area contributed by atoms with Gasteiger partial charge in [0.25, 0.3) is 0 Å². The monoisotopic (exact) mass is 287 g/mol. The predicted octanol–water partition coefficient (Wildman–Crippen LogP) is 3.34. The van der Waals surface area contributed by atoms with E-state index in [1.165, 1.54) is 12.8 Å². The molecule has 1 aromatic heterocycles. The third kappa shape index (κ3) is 2.73. The number of aromatic nitrogens is 1. The average molecular weight is 288 g/mol. The van der Waals surface area contributed by atoms with Crippen molar-refractivity contribution in [3.8, 4) is 0 Å². The van der Waals surface area contributed by atoms with Crippen LogP contribution in [0.4, 0.5) is 5.82 Å². The molecule has 1 heterocycles. The molecule has 0 spiro atoms. The minimum Gasteiger partial charge on any atom is -0.352 e. The van der Waals surface area contributed by atoms with Gasteiger partial charge in [-0.3, -0.25) is 0 Å². The van der Waals surface area contributed by atoms with Gasteiger partial charge in [0, 0.05) is 18.8 Å². The van der Waals surface area contributed by atoms with Crippen LogP contribution in [0.5, 0.6) is 0 Å². The van der Waals surface area contributed by atoms with Crippen LogP contribution in [-0.4, -0.2) is 24.1 Å². The second-order valence-electron chi connectivity index (χ2n) is 4.74. The summed E-state index contributed by atoms with van der Waals surface area (Å²) in [4.78, 5) is 6.65. The van der Waals surface area contributed by atoms with Gasteiger partial charge < -0.3 is 10.6 Å². The summed E-state index contributed by atoms with van der Waals surface area (Å²) in [5.41, 5.74) is 5.86. The minimum absolute atomic E-state index is 0.450. The molecule has 2 rings (SSSR count). The number of nitrogens with zero attached hydrogens (tertiary/aromatic N) is 2. The van der Waals surface area contributed by atoms with E-state index in [0.717, 1.165) is 25.3 Å². The largest absolute Gasteiger partial charge is 0.352 e. The van der Waals surface area contributed by atoms with Gasteiger partial charge in [0.1, 0.15) is 5.82 Å². The van der Waals surface area contributed by atoms with Gasteiger partial charge in [-0.15, -0.1) is 0 Å². The fraction of sp³-hybridized carbons (Fsp3) is 0.615. The predicted molar refractivity (Wildman–Crippen MR) is 77.5 cm³/mol. The van der Waals surface area contributed by atoms with Crippen molar-refractivity contribution in [3.05, 3.63) is 22.3 Å². The van der Waals surface area contributed by atoms with Crippen molar-refractivity contribution in [2.45, 2.75) is 32.2 Å². The Balaban J connectivity index is 2.27. The van der Waals surface area contributed by atoms with Crippen molar-refractivity contribution in [2.75, 3.05) is 18.0 Å². The zero-order valence-corrected chi connectivity index (χ0v) is 12.1. The second-order valence-corrected chi connectivity index (χ2v) is 5.58. The maximum Gasteiger partial charge on any atom is 0.147 e. The average Bonchev–Trinajstić information content (AvgIpc) is 2.81. The van der Waals surface area contributed by atoms with Gasteiger partial charge in [0.2, 0.25) is 0 Å². The third-order valence-corrected chi connectivity index (χ3v) is 4.21. The van der Waals surface area contributed by atoms with E-state index in [1.807, 2.05) is 0 Å². The summed E-state index contributed by atoms with van der Waals surface area (Å²) in [6, 6.07) is 2.20. The van der Waals surface area contributed by atoms with Gasteiger partial charge in [-0.05, 0) is 38.3 Å². The Labute approximate surface area is 118 Å². The molecule has 1 fully saturated rings. The lowest BCUT2D eigenvalue weighted by molar-refractivity contribution is 0.459. The fourth-order valence-corrected chi connectivity index (χ4v) is 3.35. The normalized spacial score (nSPS) is 23.3. The van der Waals surface area contributed by atoms with E-state index in [2.05, 4.69) is 16.8 Å². The van der Waals surface area contributed by atoms with Crippen LogP contribution < -0.4 is 10.6 Å². The molecule has 0 aromatic carbocycles. The molecule has 0 radical (unpaired) electrons. The first-order valence-electron chi connectivity index (χ1n) is 6.45. The summed E-state index contributed by atoms with van der Waals surface area (Å²) < 4.78 is 0. The van der Waals surface area contributed by atoms with Crippen LogP contribution in [0, 0.1) is 5.92 Å². The Morgan fingerprint density at radius 1 is 1.44 bits per heavy atom. The summed E-state index contributed by atoms with van der Waals surface area (Å²) in [5.74, 6) is 1.37. The highest BCUT2D eigenvalue weighted by Gasteiger charge is 2.32. The van der Waals surface area contributed by atoms with Gasteiger partial charge in [0.15, 0.2) is 0 Å². The molecule has 5 heteroatoms. The van der Waals surface area contributed by atoms with Crippen molar-refractivity contribution in [1.29, 1.82) is 0 Å². The zero-order chi connectivity index (χ0) is 13.1. The van der Waals surface area contributed by atoms with E-state index < -0.39 is 0 Å². The van der Waals surface area contributed by atoms with Crippen LogP contribution in [0.1, 0.15) is 26.2 Å². The highest BCUT2D eigenvalue weighted by molar-refractivity contribution is 6.36. The van der Waals surface area contributed by atoms with E-state index >= 15 is 0 Å². The molecule has 0 aliphatic heterocycles. The smallest absolute Gasteiger partial charge is 0.147 e. The van der Waals surface area contributed by atoms with Crippen LogP contribution in [-0.2, 0) is 0 Å². The van der Waals surface area contributed by atoms with Gasteiger partial charge >= 0.3 is 0 Å². The molecule has 0 saturated heterocycles. The molecule has 2 N–H and O–H groups in total. The Morgan fingerprint density at radius 2 is 2.22 bits per heavy atom. The number of anilines is 1. The summed E-state index contributed by atoms with van der Waals surface area (Å²) in [6.45, 7) is 3.74. The Hall–Kier alpha value is -0.510. The van der Waals surface area contributed by atoms with Crippen LogP contribution in [0.3, 0.4) is 0 Å². The topological polar surface area (TPSA) is 42.2 Å². The fourth-order valence-electron chi connectivity index (χ4n) is 2.86. The zero-order valence-electron chi connectivity index (χ0n) is 10.6. The molecule has 3 nitrogen and oxygen atoms in total. The molecule has 2 atom stereocenters. The standard InChI is InChI=1S/C13H19Cl2N3/c1-2-18(12-5-3-4-9(12)7-16)13-11(15)6-10(14)8-17-13/h6,8-9,12H,2-5,7,16H2,1H3. The molecule has 1 aliphatic rings. The van der Waals surface area contributed by atoms with Crippen molar-refractivity contribution in [3.63, 3.8) is 0 Å². The van der Waals surface area contributed by atoms with E-state index in [-0.39, 0.29) is 0 Å². The second kappa shape index (κ2) is 6.09. The third-order valence-electron chi connectivity index (χ3n) is 3.72. The number of nitrogens with two attached hydrogens (primary N) is 1. The van der Waals surface area contributed by atoms with Crippen LogP contribution in [0.2, 0.25) is 10.0 Å². The van der Waals surface area contributed by atoms with Crippen LogP contribution in [0.25, 0.3) is 0 Å². The van der Waals surface area contributed by atoms with Crippen molar-refractivity contribution in [2.24, 2.45) is 11.7 Å². The number of rotatable bonds is 4. The number of hydrogen-bond acceptors (Lipinski definition) is 3. The number of pyridine rings is 1. The molecule has 1 saturated carbocycles. The summed E-state index contributed by atoms with van der Waals surface area (Å²) in [5, 5.41) is 1.19. The lowest BCUT2D eigenvalue weighted by Gasteiger charge is -2.33.